The van der Waals surface area contributed by atoms with Crippen LogP contribution in [0.2, 0.25) is 0 Å². The van der Waals surface area contributed by atoms with Crippen molar-refractivity contribution in [3.05, 3.63) is 35.0 Å². The van der Waals surface area contributed by atoms with E-state index in [1.807, 2.05) is 13.8 Å². The largest absolute Gasteiger partial charge is 0.320 e. The van der Waals surface area contributed by atoms with Crippen LogP contribution in [-0.4, -0.2) is 16.9 Å². The molecule has 22 heavy (non-hydrogen) atoms. The number of nitrogens with one attached hydrogen (secondary N) is 1. The monoisotopic (exact) mass is 343 g/mol. The van der Waals surface area contributed by atoms with Gasteiger partial charge in [0.05, 0.1) is 11.7 Å². The first kappa shape index (κ1) is 18.5. The van der Waals surface area contributed by atoms with Crippen LogP contribution in [0.25, 0.3) is 11.3 Å². The van der Waals surface area contributed by atoms with E-state index in [1.165, 1.54) is 23.5 Å². The Kier molecular flexibility index (Phi) is 6.93. The van der Waals surface area contributed by atoms with Crippen LogP contribution in [-0.2, 0) is 4.79 Å². The molecular formula is C15H19ClFN3OS. The van der Waals surface area contributed by atoms with Gasteiger partial charge in [0.2, 0.25) is 5.91 Å². The molecule has 1 amide bonds. The van der Waals surface area contributed by atoms with Gasteiger partial charge in [-0.2, -0.15) is 0 Å². The fraction of sp³-hybridized carbons (Fsp3) is 0.333. The normalized spacial score (nSPS) is 11.6. The van der Waals surface area contributed by atoms with Gasteiger partial charge in [0.1, 0.15) is 5.82 Å². The molecule has 2 rings (SSSR count). The highest BCUT2D eigenvalue weighted by Gasteiger charge is 2.16. The summed E-state index contributed by atoms with van der Waals surface area (Å²) in [4.78, 5) is 17.2. The number of carbonyl (C=O) groups excluding carboxylic acids is 1. The minimum Gasteiger partial charge on any atom is -0.320 e. The molecule has 1 aromatic heterocycles. The predicted octanol–water partition coefficient (Wildman–Crippen LogP) is 3.75. The Morgan fingerprint density at radius 3 is 2.64 bits per heavy atom. The molecule has 0 aliphatic heterocycles. The van der Waals surface area contributed by atoms with E-state index in [0.717, 1.165) is 22.6 Å². The molecule has 7 heteroatoms. The number of nitrogens with zero attached hydrogens (tertiary/aromatic N) is 1. The zero-order chi connectivity index (χ0) is 15.4. The van der Waals surface area contributed by atoms with Gasteiger partial charge in [0.25, 0.3) is 0 Å². The average Bonchev–Trinajstić information content (AvgIpc) is 2.80. The van der Waals surface area contributed by atoms with E-state index in [-0.39, 0.29) is 24.1 Å². The van der Waals surface area contributed by atoms with Crippen molar-refractivity contribution in [2.24, 2.45) is 5.73 Å². The Hall–Kier alpha value is -1.50. The van der Waals surface area contributed by atoms with Crippen molar-refractivity contribution in [3.8, 4) is 11.3 Å². The standard InChI is InChI=1S/C15H18FN3OS.ClH/c1-3-4-12(17)14(20)19-15-18-13(9(2)21-15)10-5-7-11(16)8-6-10;/h5-8,12H,3-4,17H2,1-2H3,(H,18,19,20);1H. The number of hydrogen-bond donors (Lipinski definition) is 2. The summed E-state index contributed by atoms with van der Waals surface area (Å²) in [7, 11) is 0. The lowest BCUT2D eigenvalue weighted by Crippen LogP contribution is -2.35. The number of amides is 1. The summed E-state index contributed by atoms with van der Waals surface area (Å²) in [5, 5.41) is 3.26. The first-order valence-corrected chi connectivity index (χ1v) is 7.62. The fourth-order valence-electron chi connectivity index (χ4n) is 1.97. The first-order valence-electron chi connectivity index (χ1n) is 6.81. The van der Waals surface area contributed by atoms with E-state index in [1.54, 1.807) is 12.1 Å². The molecule has 2 aromatic rings. The number of anilines is 1. The average molecular weight is 344 g/mol. The second-order valence-electron chi connectivity index (χ2n) is 4.82. The van der Waals surface area contributed by atoms with E-state index in [9.17, 15) is 9.18 Å². The van der Waals surface area contributed by atoms with Crippen LogP contribution in [0.3, 0.4) is 0 Å². The maximum absolute atomic E-state index is 13.0. The third-order valence-electron chi connectivity index (χ3n) is 3.08. The molecule has 0 spiro atoms. The summed E-state index contributed by atoms with van der Waals surface area (Å²) in [6.07, 6.45) is 1.49. The number of aromatic nitrogens is 1. The molecule has 4 nitrogen and oxygen atoms in total. The molecular weight excluding hydrogens is 325 g/mol. The second kappa shape index (κ2) is 8.22. The van der Waals surface area contributed by atoms with Gasteiger partial charge in [-0.3, -0.25) is 4.79 Å². The molecule has 0 saturated carbocycles. The quantitative estimate of drug-likeness (QED) is 0.868. The van der Waals surface area contributed by atoms with Crippen molar-refractivity contribution < 1.29 is 9.18 Å². The maximum atomic E-state index is 13.0. The van der Waals surface area contributed by atoms with Crippen molar-refractivity contribution in [1.82, 2.24) is 4.98 Å². The van der Waals surface area contributed by atoms with Gasteiger partial charge in [0.15, 0.2) is 5.13 Å². The van der Waals surface area contributed by atoms with Crippen molar-refractivity contribution in [2.45, 2.75) is 32.7 Å². The van der Waals surface area contributed by atoms with E-state index in [0.29, 0.717) is 11.6 Å². The van der Waals surface area contributed by atoms with Gasteiger partial charge in [-0.05, 0) is 37.6 Å². The number of aryl methyl sites for hydroxylation is 1. The number of rotatable bonds is 5. The third kappa shape index (κ3) is 4.50. The highest BCUT2D eigenvalue weighted by molar-refractivity contribution is 7.16. The number of halogens is 2. The number of nitrogens with two attached hydrogens (primary N) is 1. The smallest absolute Gasteiger partial charge is 0.243 e. The lowest BCUT2D eigenvalue weighted by atomic mass is 10.1. The SMILES string of the molecule is CCCC(N)C(=O)Nc1nc(-c2ccc(F)cc2)c(C)s1.Cl. The number of carbonyl (C=O) groups is 1. The van der Waals surface area contributed by atoms with Gasteiger partial charge in [-0.15, -0.1) is 23.7 Å². The van der Waals surface area contributed by atoms with E-state index >= 15 is 0 Å². The molecule has 1 unspecified atom stereocenters. The third-order valence-corrected chi connectivity index (χ3v) is 3.97. The lowest BCUT2D eigenvalue weighted by Gasteiger charge is -2.08. The van der Waals surface area contributed by atoms with E-state index in [4.69, 9.17) is 5.73 Å². The van der Waals surface area contributed by atoms with Gasteiger partial charge in [-0.1, -0.05) is 13.3 Å². The van der Waals surface area contributed by atoms with Crippen molar-refractivity contribution >= 4 is 34.8 Å². The number of benzene rings is 1. The summed E-state index contributed by atoms with van der Waals surface area (Å²) in [5.74, 6) is -0.512. The van der Waals surface area contributed by atoms with Crippen molar-refractivity contribution in [3.63, 3.8) is 0 Å². The minimum atomic E-state index is -0.520. The highest BCUT2D eigenvalue weighted by atomic mass is 35.5. The molecule has 120 valence electrons. The molecule has 0 bridgehead atoms. The summed E-state index contributed by atoms with van der Waals surface area (Å²) in [6, 6.07) is 5.61. The van der Waals surface area contributed by atoms with Crippen LogP contribution in [0.15, 0.2) is 24.3 Å². The molecule has 0 radical (unpaired) electrons. The molecule has 3 N–H and O–H groups in total. The minimum absolute atomic E-state index is 0. The van der Waals surface area contributed by atoms with Crippen LogP contribution in [0.4, 0.5) is 9.52 Å². The number of hydrogen-bond acceptors (Lipinski definition) is 4. The molecule has 1 aromatic carbocycles. The zero-order valence-electron chi connectivity index (χ0n) is 12.4. The Morgan fingerprint density at radius 1 is 1.41 bits per heavy atom. The van der Waals surface area contributed by atoms with E-state index in [2.05, 4.69) is 10.3 Å². The van der Waals surface area contributed by atoms with Crippen LogP contribution in [0.5, 0.6) is 0 Å². The molecule has 0 aliphatic rings. The molecule has 0 fully saturated rings. The fourth-order valence-corrected chi connectivity index (χ4v) is 2.80. The number of thiazole rings is 1. The zero-order valence-corrected chi connectivity index (χ0v) is 14.1. The van der Waals surface area contributed by atoms with Gasteiger partial charge >= 0.3 is 0 Å². The first-order chi connectivity index (χ1) is 10.0. The molecule has 1 heterocycles. The summed E-state index contributed by atoms with van der Waals surface area (Å²) in [6.45, 7) is 3.89. The van der Waals surface area contributed by atoms with Crippen LogP contribution < -0.4 is 11.1 Å². The highest BCUT2D eigenvalue weighted by Crippen LogP contribution is 2.30. The summed E-state index contributed by atoms with van der Waals surface area (Å²) in [5.41, 5.74) is 7.34. The predicted molar refractivity (Wildman–Crippen MR) is 91.0 cm³/mol. The maximum Gasteiger partial charge on any atom is 0.243 e. The Labute approximate surface area is 139 Å². The second-order valence-corrected chi connectivity index (χ2v) is 6.02. The Balaban J connectivity index is 0.00000242. The van der Waals surface area contributed by atoms with Gasteiger partial charge in [-0.25, -0.2) is 9.37 Å². The topological polar surface area (TPSA) is 68.0 Å². The summed E-state index contributed by atoms with van der Waals surface area (Å²) < 4.78 is 13.0. The Morgan fingerprint density at radius 2 is 2.05 bits per heavy atom. The van der Waals surface area contributed by atoms with Gasteiger partial charge in [0, 0.05) is 10.4 Å². The lowest BCUT2D eigenvalue weighted by molar-refractivity contribution is -0.117. The Bertz CT molecular complexity index is 630. The molecule has 1 atom stereocenters. The molecule has 0 aliphatic carbocycles. The van der Waals surface area contributed by atoms with E-state index < -0.39 is 6.04 Å². The summed E-state index contributed by atoms with van der Waals surface area (Å²) >= 11 is 1.38. The van der Waals surface area contributed by atoms with Gasteiger partial charge < -0.3 is 11.1 Å². The van der Waals surface area contributed by atoms with Crippen LogP contribution >= 0.6 is 23.7 Å². The van der Waals surface area contributed by atoms with Crippen LogP contribution in [0, 0.1) is 12.7 Å². The van der Waals surface area contributed by atoms with Crippen molar-refractivity contribution in [2.75, 3.05) is 5.32 Å². The van der Waals surface area contributed by atoms with Crippen LogP contribution in [0.1, 0.15) is 24.6 Å². The molecule has 0 saturated heterocycles. The van der Waals surface area contributed by atoms with Crippen molar-refractivity contribution in [1.29, 1.82) is 0 Å².